The number of anilines is 1. The third-order valence-electron chi connectivity index (χ3n) is 6.81. The van der Waals surface area contributed by atoms with Gasteiger partial charge in [-0.3, -0.25) is 19.1 Å². The van der Waals surface area contributed by atoms with Crippen LogP contribution in [0.15, 0.2) is 49.3 Å². The van der Waals surface area contributed by atoms with Crippen LogP contribution in [0.4, 0.5) is 5.69 Å². The molecule has 2 N–H and O–H groups in total. The fourth-order valence-electron chi connectivity index (χ4n) is 5.14. The number of hydrogen-bond acceptors (Lipinski definition) is 6. The summed E-state index contributed by atoms with van der Waals surface area (Å²) < 4.78 is 6.86. The van der Waals surface area contributed by atoms with E-state index in [4.69, 9.17) is 4.42 Å². The lowest BCUT2D eigenvalue weighted by Crippen LogP contribution is -2.49. The molecule has 1 unspecified atom stereocenters. The van der Waals surface area contributed by atoms with Gasteiger partial charge in [-0.25, -0.2) is 9.59 Å². The van der Waals surface area contributed by atoms with Crippen molar-refractivity contribution in [1.82, 2.24) is 14.9 Å². The van der Waals surface area contributed by atoms with Gasteiger partial charge in [0.25, 0.3) is 5.56 Å². The highest BCUT2D eigenvalue weighted by molar-refractivity contribution is 5.86. The third-order valence-corrected chi connectivity index (χ3v) is 6.81. The first-order valence-electron chi connectivity index (χ1n) is 12.0. The summed E-state index contributed by atoms with van der Waals surface area (Å²) >= 11 is 0. The second-order valence-electron chi connectivity index (χ2n) is 9.98. The molecule has 3 heterocycles. The molecule has 2 aromatic heterocycles. The number of nitrogens with one attached hydrogen (secondary N) is 2. The number of carbonyl (C=O) groups is 1. The topological polar surface area (TPSA) is 117 Å². The van der Waals surface area contributed by atoms with E-state index in [1.54, 1.807) is 0 Å². The average Bonchev–Trinajstić information content (AvgIpc) is 2.76. The summed E-state index contributed by atoms with van der Waals surface area (Å²) in [5.41, 5.74) is 2.35. The third kappa shape index (κ3) is 5.23. The summed E-state index contributed by atoms with van der Waals surface area (Å²) in [6.45, 7) is 9.80. The van der Waals surface area contributed by atoms with Crippen molar-refractivity contribution in [1.29, 1.82) is 0 Å². The quantitative estimate of drug-likeness (QED) is 0.502. The molecule has 4 rings (SSSR count). The molecule has 1 aliphatic heterocycles. The molecule has 0 saturated heterocycles. The number of carbonyl (C=O) groups excluding carboxylic acids is 1. The van der Waals surface area contributed by atoms with Crippen molar-refractivity contribution in [2.24, 2.45) is 0 Å². The van der Waals surface area contributed by atoms with Crippen LogP contribution in [0.1, 0.15) is 57.1 Å². The van der Waals surface area contributed by atoms with Crippen LogP contribution in [-0.4, -0.2) is 34.1 Å². The van der Waals surface area contributed by atoms with Crippen LogP contribution < -0.4 is 27.1 Å². The zero-order chi connectivity index (χ0) is 25.3. The van der Waals surface area contributed by atoms with Crippen LogP contribution in [-0.2, 0) is 11.3 Å². The van der Waals surface area contributed by atoms with E-state index >= 15 is 0 Å². The number of rotatable bonds is 7. The molecule has 0 fully saturated rings. The molecule has 1 aliphatic rings. The van der Waals surface area contributed by atoms with Gasteiger partial charge >= 0.3 is 11.3 Å². The average molecular weight is 481 g/mol. The van der Waals surface area contributed by atoms with Crippen LogP contribution >= 0.6 is 0 Å². The second-order valence-corrected chi connectivity index (χ2v) is 9.98. The Balaban J connectivity index is 1.43. The van der Waals surface area contributed by atoms with Crippen LogP contribution in [0.3, 0.4) is 0 Å². The lowest BCUT2D eigenvalue weighted by Gasteiger charge is -2.47. The zero-order valence-electron chi connectivity index (χ0n) is 20.6. The van der Waals surface area contributed by atoms with E-state index in [-0.39, 0.29) is 23.6 Å². The van der Waals surface area contributed by atoms with Crippen molar-refractivity contribution in [2.45, 2.75) is 65.0 Å². The van der Waals surface area contributed by atoms with E-state index in [0.717, 1.165) is 23.1 Å². The summed E-state index contributed by atoms with van der Waals surface area (Å²) in [6, 6.07) is 6.91. The zero-order valence-corrected chi connectivity index (χ0v) is 20.6. The van der Waals surface area contributed by atoms with Gasteiger partial charge in [0.1, 0.15) is 5.58 Å². The summed E-state index contributed by atoms with van der Waals surface area (Å²) in [6.07, 6.45) is 3.39. The normalized spacial score (nSPS) is 16.8. The molecule has 0 radical (unpaired) electrons. The Kier molecular flexibility index (Phi) is 6.69. The van der Waals surface area contributed by atoms with Crippen LogP contribution in [0.25, 0.3) is 11.0 Å². The summed E-state index contributed by atoms with van der Waals surface area (Å²) in [5.74, 6) is 0.262. The first-order valence-corrected chi connectivity index (χ1v) is 12.0. The molecule has 0 spiro atoms. The molecule has 186 valence electrons. The molecule has 0 saturated carbocycles. The van der Waals surface area contributed by atoms with Gasteiger partial charge in [0.2, 0.25) is 5.91 Å². The highest BCUT2D eigenvalue weighted by Crippen LogP contribution is 2.45. The minimum absolute atomic E-state index is 0.0917. The summed E-state index contributed by atoms with van der Waals surface area (Å²) in [5, 5.41) is 3.79. The van der Waals surface area contributed by atoms with Gasteiger partial charge in [0.15, 0.2) is 0 Å². The summed E-state index contributed by atoms with van der Waals surface area (Å²) in [4.78, 5) is 51.7. The van der Waals surface area contributed by atoms with E-state index < -0.39 is 11.2 Å². The Morgan fingerprint density at radius 3 is 2.71 bits per heavy atom. The Bertz CT molecular complexity index is 1430. The fourth-order valence-corrected chi connectivity index (χ4v) is 5.14. The number of H-pyrrole nitrogens is 1. The largest absolute Gasteiger partial charge is 0.423 e. The van der Waals surface area contributed by atoms with Gasteiger partial charge in [0, 0.05) is 67.1 Å². The molecule has 9 heteroatoms. The lowest BCUT2D eigenvalue weighted by molar-refractivity contribution is -0.121. The highest BCUT2D eigenvalue weighted by Gasteiger charge is 2.36. The first-order chi connectivity index (χ1) is 16.5. The van der Waals surface area contributed by atoms with Gasteiger partial charge in [-0.05, 0) is 56.7 Å². The molecule has 1 aromatic carbocycles. The van der Waals surface area contributed by atoms with Crippen molar-refractivity contribution in [3.8, 4) is 0 Å². The smallest absolute Gasteiger partial charge is 0.336 e. The number of aromatic amines is 1. The predicted molar refractivity (Wildman–Crippen MR) is 135 cm³/mol. The number of hydrogen-bond donors (Lipinski definition) is 2. The maximum atomic E-state index is 12.4. The molecular weight excluding hydrogens is 448 g/mol. The number of amides is 1. The van der Waals surface area contributed by atoms with Crippen LogP contribution in [0, 0.1) is 6.92 Å². The first kappa shape index (κ1) is 24.5. The molecule has 0 aliphatic carbocycles. The molecule has 0 bridgehead atoms. The fraction of sp³-hybridized carbons (Fsp3) is 0.462. The van der Waals surface area contributed by atoms with Crippen LogP contribution in [0.5, 0.6) is 0 Å². The number of aryl methyl sites for hydroxylation is 1. The Labute approximate surface area is 202 Å². The summed E-state index contributed by atoms with van der Waals surface area (Å²) in [7, 11) is 0. The van der Waals surface area contributed by atoms with Crippen molar-refractivity contribution in [2.75, 3.05) is 18.0 Å². The monoisotopic (exact) mass is 480 g/mol. The lowest BCUT2D eigenvalue weighted by atomic mass is 9.79. The maximum absolute atomic E-state index is 12.4. The van der Waals surface area contributed by atoms with E-state index in [0.29, 0.717) is 37.4 Å². The van der Waals surface area contributed by atoms with Gasteiger partial charge in [-0.15, -0.1) is 0 Å². The molecule has 1 amide bonds. The Morgan fingerprint density at radius 2 is 1.97 bits per heavy atom. The maximum Gasteiger partial charge on any atom is 0.336 e. The van der Waals surface area contributed by atoms with Crippen molar-refractivity contribution < 1.29 is 9.21 Å². The number of benzene rings is 1. The van der Waals surface area contributed by atoms with E-state index in [1.165, 1.54) is 28.5 Å². The molecule has 9 nitrogen and oxygen atoms in total. The predicted octanol–water partition coefficient (Wildman–Crippen LogP) is 2.64. The second kappa shape index (κ2) is 9.56. The Morgan fingerprint density at radius 1 is 1.20 bits per heavy atom. The minimum Gasteiger partial charge on any atom is -0.423 e. The van der Waals surface area contributed by atoms with E-state index in [1.807, 2.05) is 13.0 Å². The van der Waals surface area contributed by atoms with Gasteiger partial charge in [-0.1, -0.05) is 6.92 Å². The molecular formula is C26H32N4O5. The molecule has 1 atom stereocenters. The standard InChI is InChI=1S/C26H32N4O5/c1-16-12-24(33)35-21-14-20-18(13-19(16)21)17(2)15-26(3,4)30(20)9-5-6-22(31)27-8-11-29-10-7-23(32)28-25(29)34/h7,10,12-14,17H,5-6,8-9,11,15H2,1-4H3,(H,27,31)(H,28,32,34). The SMILES string of the molecule is Cc1cc(=O)oc2cc3c(cc12)C(C)CC(C)(C)N3CCCC(=O)NCCn1ccc(=O)[nH]c1=O. The number of aromatic nitrogens is 2. The molecule has 35 heavy (non-hydrogen) atoms. The van der Waals surface area contributed by atoms with E-state index in [9.17, 15) is 19.2 Å². The van der Waals surface area contributed by atoms with E-state index in [2.05, 4.69) is 42.0 Å². The highest BCUT2D eigenvalue weighted by atomic mass is 16.4. The van der Waals surface area contributed by atoms with Gasteiger partial charge in [0.05, 0.1) is 0 Å². The Hall–Kier alpha value is -3.62. The van der Waals surface area contributed by atoms with Gasteiger partial charge in [-0.2, -0.15) is 0 Å². The van der Waals surface area contributed by atoms with Crippen molar-refractivity contribution >= 4 is 22.6 Å². The minimum atomic E-state index is -0.495. The molecule has 3 aromatic rings. The van der Waals surface area contributed by atoms with Crippen molar-refractivity contribution in [3.63, 3.8) is 0 Å². The van der Waals surface area contributed by atoms with Crippen molar-refractivity contribution in [3.05, 3.63) is 72.8 Å². The number of fused-ring (bicyclic) bond motifs is 2. The van der Waals surface area contributed by atoms with Crippen LogP contribution in [0.2, 0.25) is 0 Å². The van der Waals surface area contributed by atoms with Gasteiger partial charge < -0.3 is 14.6 Å². The number of nitrogens with zero attached hydrogens (tertiary/aromatic N) is 2.